The second-order valence-corrected chi connectivity index (χ2v) is 24.6. The molecule has 0 spiro atoms. The van der Waals surface area contributed by atoms with Crippen LogP contribution in [0, 0.1) is 0 Å². The lowest BCUT2D eigenvalue weighted by atomic mass is 9.99. The van der Waals surface area contributed by atoms with Crippen molar-refractivity contribution >= 4 is 5.91 Å². The summed E-state index contributed by atoms with van der Waals surface area (Å²) in [6, 6.07) is -0.984. The second kappa shape index (κ2) is 64.9. The fourth-order valence-corrected chi connectivity index (χ4v) is 11.5. The lowest BCUT2D eigenvalue weighted by Gasteiger charge is -2.27. The first-order valence-corrected chi connectivity index (χ1v) is 35.1. The summed E-state index contributed by atoms with van der Waals surface area (Å²) in [4.78, 5) is 12.7. The third-order valence-corrected chi connectivity index (χ3v) is 17.0. The van der Waals surface area contributed by atoms with Gasteiger partial charge in [0.2, 0.25) is 5.91 Å². The number of allylic oxidation sites excluding steroid dienone is 2. The minimum atomic E-state index is -1.26. The summed E-state index contributed by atoms with van der Waals surface area (Å²) in [7, 11) is 0. The second-order valence-electron chi connectivity index (χ2n) is 24.6. The number of hydrogen-bond donors (Lipinski definition) is 5. The van der Waals surface area contributed by atoms with E-state index in [4.69, 9.17) is 0 Å². The highest BCUT2D eigenvalue weighted by molar-refractivity contribution is 5.80. The Morgan fingerprint density at radius 2 is 0.526 bits per heavy atom. The Hall–Kier alpha value is -0.950. The highest BCUT2D eigenvalue weighted by Gasteiger charge is 2.28. The van der Waals surface area contributed by atoms with Gasteiger partial charge in [-0.2, -0.15) is 0 Å². The van der Waals surface area contributed by atoms with Crippen LogP contribution in [-0.4, -0.2) is 57.3 Å². The van der Waals surface area contributed by atoms with Crippen molar-refractivity contribution in [2.24, 2.45) is 0 Å². The molecule has 0 radical (unpaired) electrons. The third-order valence-electron chi connectivity index (χ3n) is 17.0. The van der Waals surface area contributed by atoms with Gasteiger partial charge < -0.3 is 25.7 Å². The number of amides is 1. The first-order valence-electron chi connectivity index (χ1n) is 35.1. The molecule has 0 bridgehead atoms. The van der Waals surface area contributed by atoms with Gasteiger partial charge in [-0.25, -0.2) is 0 Å². The minimum Gasteiger partial charge on any atom is -0.394 e. The largest absolute Gasteiger partial charge is 0.394 e. The fraction of sp³-hybridized carbons (Fsp3) is 0.957. The summed E-state index contributed by atoms with van der Waals surface area (Å²) in [6.45, 7) is 4.11. The molecule has 4 atom stereocenters. The predicted octanol–water partition coefficient (Wildman–Crippen LogP) is 21.5. The summed E-state index contributed by atoms with van der Waals surface area (Å²) in [5.74, 6) is -0.575. The van der Waals surface area contributed by atoms with Crippen molar-refractivity contribution in [1.82, 2.24) is 5.32 Å². The first-order chi connectivity index (χ1) is 37.5. The lowest BCUT2D eigenvalue weighted by Crippen LogP contribution is -2.53. The molecule has 0 aromatic heterocycles. The van der Waals surface area contributed by atoms with Crippen LogP contribution in [0.25, 0.3) is 0 Å². The van der Waals surface area contributed by atoms with E-state index in [0.717, 1.165) is 38.5 Å². The van der Waals surface area contributed by atoms with E-state index in [1.807, 2.05) is 0 Å². The van der Waals surface area contributed by atoms with E-state index >= 15 is 0 Å². The quantitative estimate of drug-likeness (QED) is 0.0308. The molecule has 0 fully saturated rings. The Bertz CT molecular complexity index is 1120. The summed E-state index contributed by atoms with van der Waals surface area (Å²) >= 11 is 0. The van der Waals surface area contributed by atoms with Crippen LogP contribution in [0.15, 0.2) is 12.2 Å². The van der Waals surface area contributed by atoms with Gasteiger partial charge in [-0.1, -0.05) is 373 Å². The molecule has 6 nitrogen and oxygen atoms in total. The van der Waals surface area contributed by atoms with Crippen LogP contribution >= 0.6 is 0 Å². The summed E-state index contributed by atoms with van der Waals surface area (Å²) < 4.78 is 0. The molecule has 0 aliphatic carbocycles. The number of hydrogen-bond acceptors (Lipinski definition) is 5. The van der Waals surface area contributed by atoms with Crippen molar-refractivity contribution in [2.75, 3.05) is 6.61 Å². The molecule has 5 N–H and O–H groups in total. The number of unbranched alkanes of at least 4 members (excludes halogenated alkanes) is 55. The van der Waals surface area contributed by atoms with Gasteiger partial charge in [-0.15, -0.1) is 0 Å². The van der Waals surface area contributed by atoms with Crippen molar-refractivity contribution in [1.29, 1.82) is 0 Å². The molecule has 0 rings (SSSR count). The van der Waals surface area contributed by atoms with Crippen LogP contribution in [0.1, 0.15) is 399 Å². The van der Waals surface area contributed by atoms with E-state index in [0.29, 0.717) is 12.8 Å². The molecule has 0 aromatic carbocycles. The third kappa shape index (κ3) is 57.7. The van der Waals surface area contributed by atoms with Gasteiger partial charge >= 0.3 is 0 Å². The van der Waals surface area contributed by atoms with Crippen LogP contribution < -0.4 is 5.32 Å². The monoisotopic (exact) mass is 1070 g/mol. The Morgan fingerprint density at radius 3 is 0.763 bits per heavy atom. The number of aliphatic hydroxyl groups excluding tert-OH is 4. The first kappa shape index (κ1) is 75.0. The van der Waals surface area contributed by atoms with Crippen molar-refractivity contribution in [2.45, 2.75) is 423 Å². The Morgan fingerprint density at radius 1 is 0.316 bits per heavy atom. The van der Waals surface area contributed by atoms with E-state index < -0.39 is 36.9 Å². The number of carbonyl (C=O) groups excluding carboxylic acids is 1. The number of carbonyl (C=O) groups is 1. The predicted molar refractivity (Wildman–Crippen MR) is 335 cm³/mol. The van der Waals surface area contributed by atoms with Crippen molar-refractivity contribution in [3.63, 3.8) is 0 Å². The molecule has 6 heteroatoms. The van der Waals surface area contributed by atoms with E-state index in [-0.39, 0.29) is 0 Å². The van der Waals surface area contributed by atoms with Crippen LogP contribution in [0.3, 0.4) is 0 Å². The zero-order valence-electron chi connectivity index (χ0n) is 51.8. The van der Waals surface area contributed by atoms with Crippen molar-refractivity contribution in [3.05, 3.63) is 12.2 Å². The van der Waals surface area contributed by atoms with Gasteiger partial charge in [0.15, 0.2) is 0 Å². The van der Waals surface area contributed by atoms with Gasteiger partial charge in [0.25, 0.3) is 0 Å². The molecular weight excluding hydrogens is 935 g/mol. The Labute approximate surface area is 476 Å². The van der Waals surface area contributed by atoms with Gasteiger partial charge in [-0.05, 0) is 38.5 Å². The van der Waals surface area contributed by atoms with Crippen molar-refractivity contribution < 1.29 is 25.2 Å². The lowest BCUT2D eigenvalue weighted by molar-refractivity contribution is -0.132. The molecule has 454 valence electrons. The molecule has 0 aliphatic rings. The maximum absolute atomic E-state index is 12.7. The van der Waals surface area contributed by atoms with E-state index in [9.17, 15) is 25.2 Å². The molecule has 0 saturated carbocycles. The minimum absolute atomic E-state index is 0.374. The summed E-state index contributed by atoms with van der Waals surface area (Å²) in [6.07, 6.45) is 80.6. The number of nitrogens with one attached hydrogen (secondary N) is 1. The number of aliphatic hydroxyl groups is 4. The molecule has 76 heavy (non-hydrogen) atoms. The van der Waals surface area contributed by atoms with E-state index in [1.165, 1.54) is 334 Å². The Kier molecular flexibility index (Phi) is 64.1. The van der Waals surface area contributed by atoms with Crippen LogP contribution in [0.2, 0.25) is 0 Å². The van der Waals surface area contributed by atoms with E-state index in [1.54, 1.807) is 0 Å². The average molecular weight is 1070 g/mol. The standard InChI is InChI=1S/C70H139NO5/c1-3-5-7-9-11-13-15-17-19-21-23-25-27-28-29-30-31-32-33-34-35-36-37-38-39-40-41-42-44-46-48-50-52-54-56-58-60-62-64-68(74)70(76)71-66(65-72)69(75)67(73)63-61-59-57-55-53-51-49-47-45-43-26-24-22-20-18-16-14-12-10-8-6-4-2/h34-35,66-69,72-75H,3-33,36-65H2,1-2H3,(H,71,76)/b35-34-. The average Bonchev–Trinajstić information content (AvgIpc) is 3.42. The van der Waals surface area contributed by atoms with Gasteiger partial charge in [0.1, 0.15) is 12.2 Å². The molecule has 0 aromatic rings. The highest BCUT2D eigenvalue weighted by Crippen LogP contribution is 2.20. The van der Waals surface area contributed by atoms with E-state index in [2.05, 4.69) is 31.3 Å². The van der Waals surface area contributed by atoms with Gasteiger partial charge in [0.05, 0.1) is 18.8 Å². The van der Waals surface area contributed by atoms with Crippen LogP contribution in [0.5, 0.6) is 0 Å². The van der Waals surface area contributed by atoms with Crippen LogP contribution in [0.4, 0.5) is 0 Å². The van der Waals surface area contributed by atoms with Gasteiger partial charge in [0, 0.05) is 0 Å². The Balaban J connectivity index is 3.50. The molecule has 0 heterocycles. The molecule has 4 unspecified atom stereocenters. The maximum atomic E-state index is 12.7. The normalized spacial score (nSPS) is 13.5. The zero-order chi connectivity index (χ0) is 55.1. The maximum Gasteiger partial charge on any atom is 0.249 e. The SMILES string of the molecule is CCCCCCCCCCCCCCCCCCCC/C=C\CCCCCCCCCCCCCCCCCCC(O)C(=O)NC(CO)C(O)C(O)CCCCCCCCCCCCCCCCCCCCCCCC. The zero-order valence-corrected chi connectivity index (χ0v) is 51.8. The molecular formula is C70H139NO5. The molecule has 1 amide bonds. The van der Waals surface area contributed by atoms with Gasteiger partial charge in [-0.3, -0.25) is 4.79 Å². The topological polar surface area (TPSA) is 110 Å². The smallest absolute Gasteiger partial charge is 0.249 e. The molecule has 0 aliphatic heterocycles. The summed E-state index contributed by atoms with van der Waals surface area (Å²) in [5.41, 5.74) is 0. The fourth-order valence-electron chi connectivity index (χ4n) is 11.5. The van der Waals surface area contributed by atoms with Crippen LogP contribution in [-0.2, 0) is 4.79 Å². The number of rotatable bonds is 66. The molecule has 0 saturated heterocycles. The van der Waals surface area contributed by atoms with Crippen molar-refractivity contribution in [3.8, 4) is 0 Å². The highest BCUT2D eigenvalue weighted by atomic mass is 16.3. The summed E-state index contributed by atoms with van der Waals surface area (Å²) in [5, 5.41) is 44.2.